The first kappa shape index (κ1) is 25.6. The van der Waals surface area contributed by atoms with Crippen molar-refractivity contribution in [2.75, 3.05) is 57.9 Å². The van der Waals surface area contributed by atoms with Crippen molar-refractivity contribution < 1.29 is 18.4 Å². The lowest BCUT2D eigenvalue weighted by Crippen LogP contribution is -2.49. The minimum absolute atomic E-state index is 0.207. The molecular formula is C27H38N4O4S. The van der Waals surface area contributed by atoms with Crippen LogP contribution in [0.15, 0.2) is 35.2 Å². The summed E-state index contributed by atoms with van der Waals surface area (Å²) in [5, 5.41) is 3.58. The Hall–Kier alpha value is -2.04. The second kappa shape index (κ2) is 11.1. The first-order chi connectivity index (χ1) is 17.4. The van der Waals surface area contributed by atoms with Gasteiger partial charge in [0.15, 0.2) is 0 Å². The third-order valence-corrected chi connectivity index (χ3v) is 8.77. The topological polar surface area (TPSA) is 76.2 Å². The lowest BCUT2D eigenvalue weighted by molar-refractivity contribution is -0.0551. The van der Waals surface area contributed by atoms with Crippen molar-refractivity contribution >= 4 is 16.8 Å². The molecule has 36 heavy (non-hydrogen) atoms. The molecule has 0 radical (unpaired) electrons. The third kappa shape index (κ3) is 5.75. The monoisotopic (exact) mass is 514 g/mol. The van der Waals surface area contributed by atoms with Gasteiger partial charge in [0, 0.05) is 45.1 Å². The van der Waals surface area contributed by atoms with Crippen LogP contribution in [0.25, 0.3) is 0 Å². The predicted octanol–water partition coefficient (Wildman–Crippen LogP) is 3.30. The molecular weight excluding hydrogens is 476 g/mol. The first-order valence-corrected chi connectivity index (χ1v) is 14.1. The van der Waals surface area contributed by atoms with Gasteiger partial charge in [-0.25, -0.2) is 8.51 Å². The Kier molecular flexibility index (Phi) is 7.93. The number of fused-ring (bicyclic) bond motifs is 1. The summed E-state index contributed by atoms with van der Waals surface area (Å²) < 4.78 is 33.9. The molecule has 5 rings (SSSR count). The summed E-state index contributed by atoms with van der Waals surface area (Å²) in [6.07, 6.45) is 1.50. The fourth-order valence-electron chi connectivity index (χ4n) is 5.22. The lowest BCUT2D eigenvalue weighted by Gasteiger charge is -2.38. The molecule has 0 amide bonds. The van der Waals surface area contributed by atoms with E-state index in [-0.39, 0.29) is 6.04 Å². The second-order valence-electron chi connectivity index (χ2n) is 10.3. The van der Waals surface area contributed by atoms with Crippen LogP contribution in [0.5, 0.6) is 5.88 Å². The summed E-state index contributed by atoms with van der Waals surface area (Å²) in [7, 11) is -1.39. The molecule has 2 saturated heterocycles. The van der Waals surface area contributed by atoms with Gasteiger partial charge in [0.05, 0.1) is 33.0 Å². The molecule has 1 unspecified atom stereocenters. The number of rotatable bonds is 6. The van der Waals surface area contributed by atoms with Gasteiger partial charge in [0.1, 0.15) is 27.3 Å². The summed E-state index contributed by atoms with van der Waals surface area (Å²) in [5.74, 6) is 1.27. The maximum Gasteiger partial charge on any atom is 0.233 e. The van der Waals surface area contributed by atoms with E-state index in [0.717, 1.165) is 57.1 Å². The number of pyridine rings is 1. The zero-order valence-corrected chi connectivity index (χ0v) is 22.4. The molecule has 2 atom stereocenters. The molecule has 0 saturated carbocycles. The number of hydrogen-bond acceptors (Lipinski definition) is 7. The number of anilines is 1. The zero-order valence-electron chi connectivity index (χ0n) is 21.6. The smallest absolute Gasteiger partial charge is 0.233 e. The van der Waals surface area contributed by atoms with Crippen molar-refractivity contribution in [3.63, 3.8) is 0 Å². The number of nitrogens with one attached hydrogen (secondary N) is 1. The molecule has 0 bridgehead atoms. The van der Waals surface area contributed by atoms with E-state index in [1.807, 2.05) is 25.1 Å². The number of nitrogens with zero attached hydrogens (tertiary/aromatic N) is 3. The highest BCUT2D eigenvalue weighted by Gasteiger charge is 2.43. The number of benzene rings is 1. The van der Waals surface area contributed by atoms with Crippen molar-refractivity contribution in [2.24, 2.45) is 0 Å². The summed E-state index contributed by atoms with van der Waals surface area (Å²) >= 11 is 0. The fraction of sp³-hybridized carbons (Fsp3) is 0.593. The number of ether oxygens (including phenoxy) is 3. The van der Waals surface area contributed by atoms with Crippen LogP contribution in [-0.4, -0.2) is 82.6 Å². The molecule has 196 valence electrons. The van der Waals surface area contributed by atoms with Crippen LogP contribution in [0.1, 0.15) is 36.5 Å². The van der Waals surface area contributed by atoms with E-state index in [9.17, 15) is 4.21 Å². The van der Waals surface area contributed by atoms with Gasteiger partial charge in [-0.1, -0.05) is 24.3 Å². The molecule has 3 aliphatic heterocycles. The van der Waals surface area contributed by atoms with Gasteiger partial charge in [-0.15, -0.1) is 0 Å². The molecule has 4 heterocycles. The summed E-state index contributed by atoms with van der Waals surface area (Å²) in [6, 6.07) is 10.5. The largest absolute Gasteiger partial charge is 0.469 e. The average molecular weight is 515 g/mol. The van der Waals surface area contributed by atoms with Gasteiger partial charge >= 0.3 is 0 Å². The number of morpholine rings is 1. The molecule has 8 nitrogen and oxygen atoms in total. The number of aromatic nitrogens is 1. The van der Waals surface area contributed by atoms with Crippen LogP contribution in [-0.2, 0) is 27.0 Å². The quantitative estimate of drug-likeness (QED) is 0.634. The van der Waals surface area contributed by atoms with Gasteiger partial charge in [0.25, 0.3) is 0 Å². The SMILES string of the molecule is Cc1ccccc1CN1CC2(CCOCC2)Oc2nc(N[C@@H](C)CN3CCOCC3)c(C)cc2S1=O. The Bertz CT molecular complexity index is 1090. The average Bonchev–Trinajstić information content (AvgIpc) is 2.96. The minimum Gasteiger partial charge on any atom is -0.469 e. The highest BCUT2D eigenvalue weighted by molar-refractivity contribution is 7.82. The Balaban J connectivity index is 1.42. The zero-order chi connectivity index (χ0) is 25.1. The predicted molar refractivity (Wildman–Crippen MR) is 141 cm³/mol. The van der Waals surface area contributed by atoms with E-state index < -0.39 is 16.6 Å². The van der Waals surface area contributed by atoms with Crippen LogP contribution in [0.4, 0.5) is 5.82 Å². The summed E-state index contributed by atoms with van der Waals surface area (Å²) in [4.78, 5) is 7.99. The highest BCUT2D eigenvalue weighted by Crippen LogP contribution is 2.38. The molecule has 1 N–H and O–H groups in total. The van der Waals surface area contributed by atoms with Crippen LogP contribution in [0.3, 0.4) is 0 Å². The summed E-state index contributed by atoms with van der Waals surface area (Å²) in [5.41, 5.74) is 2.87. The maximum atomic E-state index is 14.0. The van der Waals surface area contributed by atoms with Crippen LogP contribution < -0.4 is 10.1 Å². The van der Waals surface area contributed by atoms with Gasteiger partial charge in [-0.2, -0.15) is 4.98 Å². The van der Waals surface area contributed by atoms with Crippen molar-refractivity contribution in [3.05, 3.63) is 47.0 Å². The molecule has 2 aromatic rings. The van der Waals surface area contributed by atoms with Crippen LogP contribution in [0.2, 0.25) is 0 Å². The Morgan fingerprint density at radius 2 is 1.81 bits per heavy atom. The maximum absolute atomic E-state index is 14.0. The van der Waals surface area contributed by atoms with Gasteiger partial charge < -0.3 is 19.5 Å². The van der Waals surface area contributed by atoms with E-state index >= 15 is 0 Å². The Morgan fingerprint density at radius 3 is 2.56 bits per heavy atom. The first-order valence-electron chi connectivity index (χ1n) is 13.0. The fourth-order valence-corrected chi connectivity index (χ4v) is 6.62. The van der Waals surface area contributed by atoms with E-state index in [2.05, 4.69) is 40.5 Å². The Morgan fingerprint density at radius 1 is 1.08 bits per heavy atom. The van der Waals surface area contributed by atoms with E-state index in [0.29, 0.717) is 37.1 Å². The van der Waals surface area contributed by atoms with E-state index in [4.69, 9.17) is 19.2 Å². The number of hydrogen-bond donors (Lipinski definition) is 1. The minimum atomic E-state index is -1.39. The van der Waals surface area contributed by atoms with E-state index in [1.165, 1.54) is 11.1 Å². The van der Waals surface area contributed by atoms with Crippen LogP contribution in [0, 0.1) is 13.8 Å². The Labute approximate surface area is 216 Å². The van der Waals surface area contributed by atoms with Gasteiger partial charge in [0.2, 0.25) is 5.88 Å². The molecule has 0 aliphatic carbocycles. The lowest BCUT2D eigenvalue weighted by atomic mass is 9.93. The molecule has 1 spiro atoms. The second-order valence-corrected chi connectivity index (χ2v) is 11.7. The number of aryl methyl sites for hydroxylation is 2. The highest BCUT2D eigenvalue weighted by atomic mass is 32.2. The normalized spacial score (nSPS) is 23.5. The molecule has 1 aromatic heterocycles. The molecule has 3 aliphatic rings. The van der Waals surface area contributed by atoms with Crippen molar-refractivity contribution in [3.8, 4) is 5.88 Å². The van der Waals surface area contributed by atoms with Crippen molar-refractivity contribution in [1.29, 1.82) is 0 Å². The van der Waals surface area contributed by atoms with Crippen molar-refractivity contribution in [1.82, 2.24) is 14.2 Å². The molecule has 9 heteroatoms. The van der Waals surface area contributed by atoms with Crippen molar-refractivity contribution in [2.45, 2.75) is 56.7 Å². The standard InChI is InChI=1S/C27H38N4O4S/c1-20-6-4-5-7-23(20)18-31-19-27(8-12-33-13-9-27)35-26-24(36(31)32)16-21(2)25(29-26)28-22(3)17-30-10-14-34-15-11-30/h4-7,16,22H,8-15,17-19H2,1-3H3,(H,28,29)/t22-,36?/m0/s1. The van der Waals surface area contributed by atoms with Crippen LogP contribution >= 0.6 is 0 Å². The molecule has 2 fully saturated rings. The van der Waals surface area contributed by atoms with E-state index in [1.54, 1.807) is 0 Å². The third-order valence-electron chi connectivity index (χ3n) is 7.38. The van der Waals surface area contributed by atoms with Gasteiger partial charge in [-0.3, -0.25) is 4.90 Å². The molecule has 1 aromatic carbocycles. The summed E-state index contributed by atoms with van der Waals surface area (Å²) in [6.45, 7) is 13.1. The van der Waals surface area contributed by atoms with Gasteiger partial charge in [-0.05, 0) is 43.5 Å².